The number of rotatable bonds is 15. The fourth-order valence-corrected chi connectivity index (χ4v) is 6.92. The first-order chi connectivity index (χ1) is 23.6. The third-order valence-corrected chi connectivity index (χ3v) is 9.34. The second-order valence-corrected chi connectivity index (χ2v) is 12.6. The number of para-hydroxylation sites is 1. The number of aliphatic carboxylic acids is 1. The number of benzene rings is 4. The lowest BCUT2D eigenvalue weighted by Crippen LogP contribution is -2.42. The summed E-state index contributed by atoms with van der Waals surface area (Å²) in [6.45, 7) is 1.18. The molecule has 0 bridgehead atoms. The van der Waals surface area contributed by atoms with Gasteiger partial charge in [0.15, 0.2) is 0 Å². The number of carboxylic acid groups (broad SMARTS) is 1. The zero-order valence-corrected chi connectivity index (χ0v) is 27.2. The van der Waals surface area contributed by atoms with E-state index in [9.17, 15) is 29.4 Å². The molecule has 252 valence electrons. The molecule has 0 radical (unpaired) electrons. The third kappa shape index (κ3) is 8.49. The molecule has 0 spiro atoms. The van der Waals surface area contributed by atoms with E-state index in [2.05, 4.69) is 5.32 Å². The van der Waals surface area contributed by atoms with Crippen molar-refractivity contribution in [3.05, 3.63) is 129 Å². The molecule has 5 rings (SSSR count). The lowest BCUT2D eigenvalue weighted by Gasteiger charge is -2.22. The van der Waals surface area contributed by atoms with Gasteiger partial charge in [-0.25, -0.2) is 14.2 Å². The zero-order valence-electron chi connectivity index (χ0n) is 26.3. The second-order valence-electron chi connectivity index (χ2n) is 11.1. The first-order valence-corrected chi connectivity index (χ1v) is 16.7. The number of nitrogens with one attached hydrogen (secondary N) is 1. The van der Waals surface area contributed by atoms with Crippen molar-refractivity contribution >= 4 is 25.6 Å². The van der Waals surface area contributed by atoms with Crippen LogP contribution >= 0.6 is 7.82 Å². The standard InChI is InChI=1S/C35H32N3O10P/c1-23(26-9-6-7-14-33(26)38(42)43)47-49(44,46-20-8-19-36)48-25-17-15-24(16-18-25)21-32(34(39)40)37-35(41)45-22-31-29-12-4-2-10-27(29)28-11-3-5-13-30(28)31/h2-7,9-18,23,31-32H,8,20-22H2,1H3,(H,37,41)(H,39,40). The van der Waals surface area contributed by atoms with E-state index in [4.69, 9.17) is 23.6 Å². The monoisotopic (exact) mass is 685 g/mol. The summed E-state index contributed by atoms with van der Waals surface area (Å²) < 4.78 is 35.6. The summed E-state index contributed by atoms with van der Waals surface area (Å²) in [6, 6.07) is 27.9. The molecule has 0 heterocycles. The highest BCUT2D eigenvalue weighted by atomic mass is 31.2. The van der Waals surface area contributed by atoms with Gasteiger partial charge in [-0.3, -0.25) is 19.2 Å². The number of phosphoric acid groups is 1. The lowest BCUT2D eigenvalue weighted by atomic mass is 9.98. The van der Waals surface area contributed by atoms with Crippen molar-refractivity contribution in [2.75, 3.05) is 13.2 Å². The average molecular weight is 686 g/mol. The predicted octanol–water partition coefficient (Wildman–Crippen LogP) is 7.32. The van der Waals surface area contributed by atoms with Crippen LogP contribution in [0.1, 0.15) is 47.6 Å². The molecule has 1 aliphatic rings. The molecule has 14 heteroatoms. The summed E-state index contributed by atoms with van der Waals surface area (Å²) in [4.78, 5) is 35.7. The number of nitro benzene ring substituents is 1. The maximum absolute atomic E-state index is 13.6. The summed E-state index contributed by atoms with van der Waals surface area (Å²) in [6.07, 6.45) is -2.20. The Hall–Kier alpha value is -5.54. The van der Waals surface area contributed by atoms with E-state index in [1.807, 2.05) is 54.6 Å². The largest absolute Gasteiger partial charge is 0.530 e. The second kappa shape index (κ2) is 15.6. The molecule has 3 unspecified atom stereocenters. The van der Waals surface area contributed by atoms with Crippen LogP contribution in [0.15, 0.2) is 97.1 Å². The van der Waals surface area contributed by atoms with Crippen LogP contribution < -0.4 is 9.84 Å². The molecule has 0 saturated heterocycles. The molecule has 0 aromatic heterocycles. The Morgan fingerprint density at radius 1 is 0.980 bits per heavy atom. The molecule has 0 aliphatic heterocycles. The van der Waals surface area contributed by atoms with E-state index in [1.54, 1.807) is 6.07 Å². The summed E-state index contributed by atoms with van der Waals surface area (Å²) in [5.74, 6) is -1.44. The number of amides is 1. The third-order valence-electron chi connectivity index (χ3n) is 7.84. The van der Waals surface area contributed by atoms with Gasteiger partial charge in [0.2, 0.25) is 0 Å². The number of phosphoric ester groups is 1. The van der Waals surface area contributed by atoms with E-state index < -0.39 is 37.0 Å². The number of carbonyl (C=O) groups is 2. The Labute approximate surface area is 281 Å². The molecule has 0 fully saturated rings. The number of nitro groups is 1. The van der Waals surface area contributed by atoms with Crippen LogP contribution in [0.4, 0.5) is 10.5 Å². The first kappa shape index (κ1) is 34.8. The summed E-state index contributed by atoms with van der Waals surface area (Å²) in [5, 5.41) is 32.6. The maximum atomic E-state index is 13.6. The van der Waals surface area contributed by atoms with Crippen molar-refractivity contribution < 1.29 is 42.5 Å². The zero-order chi connectivity index (χ0) is 35.0. The fourth-order valence-electron chi connectivity index (χ4n) is 5.56. The number of nitrogens with zero attached hydrogens (tertiary/aromatic N) is 2. The molecule has 1 amide bonds. The Morgan fingerprint density at radius 3 is 2.20 bits per heavy atom. The summed E-state index contributed by atoms with van der Waals surface area (Å²) in [5.41, 5.74) is 4.56. The lowest BCUT2D eigenvalue weighted by molar-refractivity contribution is -0.386. The Kier molecular flexibility index (Phi) is 11.1. The molecule has 1 aliphatic carbocycles. The minimum Gasteiger partial charge on any atom is -0.480 e. The molecular weight excluding hydrogens is 653 g/mol. The fraction of sp³-hybridized carbons (Fsp3) is 0.229. The normalized spacial score (nSPS) is 14.3. The molecule has 4 aromatic carbocycles. The molecule has 2 N–H and O–H groups in total. The quantitative estimate of drug-likeness (QED) is 0.0552. The number of hydrogen-bond acceptors (Lipinski definition) is 10. The smallest absolute Gasteiger partial charge is 0.480 e. The van der Waals surface area contributed by atoms with E-state index in [1.165, 1.54) is 49.4 Å². The van der Waals surface area contributed by atoms with Crippen molar-refractivity contribution in [1.29, 1.82) is 5.26 Å². The predicted molar refractivity (Wildman–Crippen MR) is 177 cm³/mol. The van der Waals surface area contributed by atoms with Gasteiger partial charge in [-0.05, 0) is 52.9 Å². The van der Waals surface area contributed by atoms with Gasteiger partial charge in [0.1, 0.15) is 18.4 Å². The number of ether oxygens (including phenoxy) is 1. The summed E-state index contributed by atoms with van der Waals surface area (Å²) >= 11 is 0. The van der Waals surface area contributed by atoms with Crippen LogP contribution in [0.5, 0.6) is 5.75 Å². The van der Waals surface area contributed by atoms with Crippen LogP contribution in [-0.4, -0.2) is 41.3 Å². The van der Waals surface area contributed by atoms with Crippen LogP contribution in [-0.2, 0) is 29.6 Å². The Balaban J connectivity index is 1.22. The number of hydrogen-bond donors (Lipinski definition) is 2. The van der Waals surface area contributed by atoms with E-state index in [0.717, 1.165) is 22.3 Å². The van der Waals surface area contributed by atoms with Crippen molar-refractivity contribution in [2.24, 2.45) is 0 Å². The van der Waals surface area contributed by atoms with E-state index in [0.29, 0.717) is 5.56 Å². The number of carboxylic acids is 1. The van der Waals surface area contributed by atoms with Crippen molar-refractivity contribution in [3.63, 3.8) is 0 Å². The van der Waals surface area contributed by atoms with E-state index in [-0.39, 0.29) is 49.0 Å². The van der Waals surface area contributed by atoms with Crippen molar-refractivity contribution in [1.82, 2.24) is 5.32 Å². The van der Waals surface area contributed by atoms with Crippen molar-refractivity contribution in [3.8, 4) is 22.9 Å². The van der Waals surface area contributed by atoms with Gasteiger partial charge in [0.05, 0.1) is 35.7 Å². The van der Waals surface area contributed by atoms with Crippen LogP contribution in [0.3, 0.4) is 0 Å². The molecule has 13 nitrogen and oxygen atoms in total. The number of carbonyl (C=O) groups excluding carboxylic acids is 1. The Morgan fingerprint density at radius 2 is 1.59 bits per heavy atom. The number of fused-ring (bicyclic) bond motifs is 3. The van der Waals surface area contributed by atoms with Crippen molar-refractivity contribution in [2.45, 2.75) is 37.8 Å². The highest BCUT2D eigenvalue weighted by molar-refractivity contribution is 7.48. The van der Waals surface area contributed by atoms with Crippen LogP contribution in [0, 0.1) is 21.4 Å². The first-order valence-electron chi connectivity index (χ1n) is 15.2. The highest BCUT2D eigenvalue weighted by Crippen LogP contribution is 2.53. The number of alkyl carbamates (subject to hydrolysis) is 1. The molecule has 3 atom stereocenters. The van der Waals surface area contributed by atoms with Gasteiger partial charge in [0.25, 0.3) is 5.69 Å². The Bertz CT molecular complexity index is 1880. The SMILES string of the molecule is CC(OP(=O)(OCCC#N)Oc1ccc(CC(NC(=O)OCC2c3ccccc3-c3ccccc32)C(=O)O)cc1)c1ccccc1[N+](=O)[O-]. The number of nitriles is 1. The van der Waals surface area contributed by atoms with Gasteiger partial charge in [-0.1, -0.05) is 72.8 Å². The van der Waals surface area contributed by atoms with Crippen LogP contribution in [0.25, 0.3) is 11.1 Å². The minimum atomic E-state index is -4.42. The maximum Gasteiger partial charge on any atom is 0.530 e. The van der Waals surface area contributed by atoms with Gasteiger partial charge in [-0.15, -0.1) is 0 Å². The van der Waals surface area contributed by atoms with E-state index >= 15 is 0 Å². The van der Waals surface area contributed by atoms with Gasteiger partial charge < -0.3 is 19.7 Å². The topological polar surface area (TPSA) is 187 Å². The van der Waals surface area contributed by atoms with Gasteiger partial charge >= 0.3 is 19.9 Å². The minimum absolute atomic E-state index is 0.0209. The summed E-state index contributed by atoms with van der Waals surface area (Å²) in [7, 11) is -4.42. The highest BCUT2D eigenvalue weighted by Gasteiger charge is 2.34. The van der Waals surface area contributed by atoms with Gasteiger partial charge in [-0.2, -0.15) is 5.26 Å². The average Bonchev–Trinajstić information content (AvgIpc) is 3.41. The molecule has 49 heavy (non-hydrogen) atoms. The van der Waals surface area contributed by atoms with Gasteiger partial charge in [0, 0.05) is 18.4 Å². The molecule has 0 saturated carbocycles. The molecular formula is C35H32N3O10P. The van der Waals surface area contributed by atoms with Crippen LogP contribution in [0.2, 0.25) is 0 Å². The molecule has 4 aromatic rings.